The smallest absolute Gasteiger partial charge is 0.272 e. The number of rotatable bonds is 5. The lowest BCUT2D eigenvalue weighted by Gasteiger charge is -2.34. The van der Waals surface area contributed by atoms with Crippen LogP contribution in [0.15, 0.2) is 42.6 Å². The van der Waals surface area contributed by atoms with Crippen molar-refractivity contribution in [3.8, 4) is 5.75 Å². The lowest BCUT2D eigenvalue weighted by molar-refractivity contribution is -0.130. The fraction of sp³-hybridized carbons (Fsp3) is 0.350. The number of aromatic nitrogens is 1. The van der Waals surface area contributed by atoms with Crippen molar-refractivity contribution in [1.82, 2.24) is 14.8 Å². The van der Waals surface area contributed by atoms with E-state index in [1.54, 1.807) is 36.1 Å². The van der Waals surface area contributed by atoms with Gasteiger partial charge in [-0.2, -0.15) is 0 Å². The Morgan fingerprint density at radius 3 is 2.52 bits per heavy atom. The third-order valence-electron chi connectivity index (χ3n) is 4.67. The minimum absolute atomic E-state index is 0.0442. The van der Waals surface area contributed by atoms with Gasteiger partial charge in [-0.25, -0.2) is 0 Å². The molecule has 0 bridgehead atoms. The van der Waals surface area contributed by atoms with E-state index in [-0.39, 0.29) is 11.8 Å². The van der Waals surface area contributed by atoms with Crippen LogP contribution in [0, 0.1) is 0 Å². The second-order valence-corrected chi connectivity index (χ2v) is 6.39. The Kier molecular flexibility index (Phi) is 5.90. The lowest BCUT2D eigenvalue weighted by atomic mass is 10.2. The minimum atomic E-state index is -0.112. The van der Waals surface area contributed by atoms with Gasteiger partial charge in [0, 0.05) is 57.1 Å². The van der Waals surface area contributed by atoms with Crippen LogP contribution in [-0.4, -0.2) is 59.9 Å². The molecule has 1 N–H and O–H groups in total. The molecule has 1 aromatic carbocycles. The molecule has 27 heavy (non-hydrogen) atoms. The molecule has 0 aliphatic carbocycles. The van der Waals surface area contributed by atoms with Crippen LogP contribution < -0.4 is 10.1 Å². The van der Waals surface area contributed by atoms with Crippen molar-refractivity contribution < 1.29 is 14.3 Å². The van der Waals surface area contributed by atoms with Gasteiger partial charge in [-0.1, -0.05) is 18.2 Å². The maximum absolute atomic E-state index is 12.7. The van der Waals surface area contributed by atoms with Crippen LogP contribution >= 0.6 is 0 Å². The summed E-state index contributed by atoms with van der Waals surface area (Å²) < 4.78 is 5.36. The zero-order valence-electron chi connectivity index (χ0n) is 15.6. The number of anilines is 1. The molecule has 2 aromatic rings. The van der Waals surface area contributed by atoms with Gasteiger partial charge in [0.2, 0.25) is 5.91 Å². The molecule has 142 valence electrons. The van der Waals surface area contributed by atoms with Gasteiger partial charge in [0.05, 0.1) is 7.11 Å². The molecule has 0 unspecified atom stereocenters. The van der Waals surface area contributed by atoms with Crippen molar-refractivity contribution in [2.45, 2.75) is 13.5 Å². The highest BCUT2D eigenvalue weighted by molar-refractivity contribution is 5.93. The third-order valence-corrected chi connectivity index (χ3v) is 4.67. The minimum Gasteiger partial charge on any atom is -0.496 e. The molecule has 7 nitrogen and oxygen atoms in total. The Morgan fingerprint density at radius 1 is 1.11 bits per heavy atom. The number of nitrogens with zero attached hydrogens (tertiary/aromatic N) is 3. The van der Waals surface area contributed by atoms with E-state index >= 15 is 0 Å². The van der Waals surface area contributed by atoms with Crippen LogP contribution in [0.25, 0.3) is 0 Å². The predicted octanol–water partition coefficient (Wildman–Crippen LogP) is 2.01. The number of amides is 2. The molecule has 7 heteroatoms. The van der Waals surface area contributed by atoms with Crippen molar-refractivity contribution in [3.63, 3.8) is 0 Å². The van der Waals surface area contributed by atoms with Crippen molar-refractivity contribution in [1.29, 1.82) is 0 Å². The highest BCUT2D eigenvalue weighted by Crippen LogP contribution is 2.19. The molecule has 0 radical (unpaired) electrons. The van der Waals surface area contributed by atoms with Gasteiger partial charge in [0.1, 0.15) is 11.4 Å². The first-order valence-corrected chi connectivity index (χ1v) is 8.95. The van der Waals surface area contributed by atoms with E-state index in [1.165, 1.54) is 0 Å². The van der Waals surface area contributed by atoms with E-state index in [9.17, 15) is 9.59 Å². The fourth-order valence-electron chi connectivity index (χ4n) is 3.09. The van der Waals surface area contributed by atoms with E-state index in [4.69, 9.17) is 4.74 Å². The van der Waals surface area contributed by atoms with E-state index in [1.807, 2.05) is 30.3 Å². The molecular weight excluding hydrogens is 344 g/mol. The molecular formula is C20H24N4O3. The zero-order valence-corrected chi connectivity index (χ0v) is 15.6. The van der Waals surface area contributed by atoms with Gasteiger partial charge in [-0.15, -0.1) is 0 Å². The molecule has 1 aromatic heterocycles. The predicted molar refractivity (Wildman–Crippen MR) is 103 cm³/mol. The molecule has 3 rings (SSSR count). The summed E-state index contributed by atoms with van der Waals surface area (Å²) in [5, 5.41) is 3.31. The summed E-state index contributed by atoms with van der Waals surface area (Å²) in [4.78, 5) is 31.8. The Balaban J connectivity index is 1.63. The highest BCUT2D eigenvalue weighted by atomic mass is 16.5. The van der Waals surface area contributed by atoms with E-state index in [0.717, 1.165) is 17.0 Å². The molecule has 0 atom stereocenters. The van der Waals surface area contributed by atoms with Gasteiger partial charge >= 0.3 is 0 Å². The van der Waals surface area contributed by atoms with E-state index < -0.39 is 0 Å². The number of benzene rings is 1. The van der Waals surface area contributed by atoms with Crippen molar-refractivity contribution >= 4 is 17.5 Å². The van der Waals surface area contributed by atoms with Gasteiger partial charge in [0.15, 0.2) is 0 Å². The summed E-state index contributed by atoms with van der Waals surface area (Å²) in [6.07, 6.45) is 1.63. The number of para-hydroxylation sites is 1. The van der Waals surface area contributed by atoms with Gasteiger partial charge in [-0.05, 0) is 18.2 Å². The molecule has 2 heterocycles. The Bertz CT molecular complexity index is 816. The van der Waals surface area contributed by atoms with Crippen LogP contribution in [-0.2, 0) is 11.3 Å². The van der Waals surface area contributed by atoms with Crippen molar-refractivity contribution in [3.05, 3.63) is 53.9 Å². The van der Waals surface area contributed by atoms with Gasteiger partial charge in [-0.3, -0.25) is 14.6 Å². The first kappa shape index (κ1) is 18.7. The summed E-state index contributed by atoms with van der Waals surface area (Å²) >= 11 is 0. The first-order chi connectivity index (χ1) is 13.1. The van der Waals surface area contributed by atoms with Crippen LogP contribution in [0.4, 0.5) is 5.69 Å². The van der Waals surface area contributed by atoms with Gasteiger partial charge < -0.3 is 19.9 Å². The summed E-state index contributed by atoms with van der Waals surface area (Å²) in [7, 11) is 1.65. The van der Waals surface area contributed by atoms with Crippen LogP contribution in [0.1, 0.15) is 23.0 Å². The lowest BCUT2D eigenvalue weighted by Crippen LogP contribution is -2.50. The summed E-state index contributed by atoms with van der Waals surface area (Å²) in [6, 6.07) is 11.4. The Hall–Kier alpha value is -3.09. The van der Waals surface area contributed by atoms with Crippen molar-refractivity contribution in [2.75, 3.05) is 38.6 Å². The number of piperazine rings is 1. The number of hydrogen-bond donors (Lipinski definition) is 1. The maximum Gasteiger partial charge on any atom is 0.272 e. The topological polar surface area (TPSA) is 74.8 Å². The average Bonchev–Trinajstić information content (AvgIpc) is 2.72. The average molecular weight is 368 g/mol. The zero-order chi connectivity index (χ0) is 19.2. The highest BCUT2D eigenvalue weighted by Gasteiger charge is 2.24. The van der Waals surface area contributed by atoms with E-state index in [2.05, 4.69) is 10.3 Å². The summed E-state index contributed by atoms with van der Waals surface area (Å²) in [6.45, 7) is 4.31. The number of carbonyl (C=O) groups excluding carboxylic acids is 2. The molecule has 0 saturated carbocycles. The number of pyridine rings is 1. The maximum atomic E-state index is 12.7. The number of ether oxygens (including phenoxy) is 1. The van der Waals surface area contributed by atoms with Crippen LogP contribution in [0.2, 0.25) is 0 Å². The molecule has 1 aliphatic heterocycles. The van der Waals surface area contributed by atoms with Crippen molar-refractivity contribution in [2.24, 2.45) is 0 Å². The number of methoxy groups -OCH3 is 1. The van der Waals surface area contributed by atoms with Crippen LogP contribution in [0.5, 0.6) is 5.75 Å². The molecule has 0 spiro atoms. The second kappa shape index (κ2) is 8.53. The monoisotopic (exact) mass is 368 g/mol. The van der Waals surface area contributed by atoms with Gasteiger partial charge in [0.25, 0.3) is 5.91 Å². The number of hydrogen-bond acceptors (Lipinski definition) is 5. The molecule has 1 aliphatic rings. The molecule has 1 fully saturated rings. The van der Waals surface area contributed by atoms with E-state index in [0.29, 0.717) is 38.4 Å². The Morgan fingerprint density at radius 2 is 1.81 bits per heavy atom. The molecule has 1 saturated heterocycles. The summed E-state index contributed by atoms with van der Waals surface area (Å²) in [5.74, 6) is 0.751. The number of carbonyl (C=O) groups is 2. The normalized spacial score (nSPS) is 14.0. The third kappa shape index (κ3) is 4.55. The number of nitrogens with one attached hydrogen (secondary N) is 1. The molecule has 2 amide bonds. The first-order valence-electron chi connectivity index (χ1n) is 8.95. The largest absolute Gasteiger partial charge is 0.496 e. The fourth-order valence-corrected chi connectivity index (χ4v) is 3.09. The SMILES string of the molecule is COc1ccccc1CNc1ccnc(C(=O)N2CCN(C(C)=O)CC2)c1. The quantitative estimate of drug-likeness (QED) is 0.874. The summed E-state index contributed by atoms with van der Waals surface area (Å²) in [5.41, 5.74) is 2.25. The van der Waals surface area contributed by atoms with Crippen LogP contribution in [0.3, 0.4) is 0 Å². The second-order valence-electron chi connectivity index (χ2n) is 6.39. The Labute approximate surface area is 158 Å². The standard InChI is InChI=1S/C20H24N4O3/c1-15(25)23-9-11-24(12-10-23)20(26)18-13-17(7-8-21-18)22-14-16-5-3-4-6-19(16)27-2/h3-8,13H,9-12,14H2,1-2H3,(H,21,22).